The maximum Gasteiger partial charge on any atom is 0.331 e. The van der Waals surface area contributed by atoms with Crippen LogP contribution in [0.15, 0.2) is 54.6 Å². The zero-order chi connectivity index (χ0) is 24.1. The van der Waals surface area contributed by atoms with Crippen molar-refractivity contribution in [2.75, 3.05) is 6.61 Å². The second-order valence-corrected chi connectivity index (χ2v) is 8.86. The Hall–Kier alpha value is -3.25. The Morgan fingerprint density at radius 1 is 1.09 bits per heavy atom. The number of benzene rings is 2. The summed E-state index contributed by atoms with van der Waals surface area (Å²) in [6.45, 7) is 1.41. The fourth-order valence-electron chi connectivity index (χ4n) is 4.25. The molecule has 1 heterocycles. The smallest absolute Gasteiger partial charge is 0.331 e. The third kappa shape index (κ3) is 5.62. The van der Waals surface area contributed by atoms with Gasteiger partial charge in [-0.05, 0) is 61.6 Å². The summed E-state index contributed by atoms with van der Waals surface area (Å²) in [6, 6.07) is 13.4. The molecule has 4 rings (SSSR count). The number of carbonyl (C=O) groups is 2. The summed E-state index contributed by atoms with van der Waals surface area (Å²) in [5.41, 5.74) is 3.51. The van der Waals surface area contributed by atoms with Gasteiger partial charge >= 0.3 is 5.97 Å². The van der Waals surface area contributed by atoms with Gasteiger partial charge in [-0.2, -0.15) is 5.10 Å². The van der Waals surface area contributed by atoms with Crippen molar-refractivity contribution in [1.82, 2.24) is 9.78 Å². The monoisotopic (exact) mass is 480 g/mol. The van der Waals surface area contributed by atoms with Crippen LogP contribution in [0.25, 0.3) is 11.8 Å². The Bertz CT molecular complexity index is 1190. The molecule has 3 aromatic rings. The first-order valence-electron chi connectivity index (χ1n) is 11.4. The molecule has 5 nitrogen and oxygen atoms in total. The van der Waals surface area contributed by atoms with Crippen molar-refractivity contribution >= 4 is 29.4 Å². The van der Waals surface area contributed by atoms with E-state index in [1.807, 2.05) is 24.3 Å². The topological polar surface area (TPSA) is 61.2 Å². The van der Waals surface area contributed by atoms with Gasteiger partial charge in [-0.3, -0.25) is 4.79 Å². The van der Waals surface area contributed by atoms with E-state index in [2.05, 4.69) is 5.10 Å². The number of aryl methyl sites for hydroxylation is 1. The summed E-state index contributed by atoms with van der Waals surface area (Å²) in [4.78, 5) is 24.6. The van der Waals surface area contributed by atoms with E-state index in [0.29, 0.717) is 28.4 Å². The van der Waals surface area contributed by atoms with E-state index in [9.17, 15) is 14.0 Å². The highest BCUT2D eigenvalue weighted by Crippen LogP contribution is 2.32. The van der Waals surface area contributed by atoms with Crippen LogP contribution in [0.2, 0.25) is 5.15 Å². The van der Waals surface area contributed by atoms with Gasteiger partial charge in [0.1, 0.15) is 11.0 Å². The SMILES string of the molecule is Cc1nn(-c2ccc(F)cc2)c(Cl)c1/C=C/C(=O)OCC(=O)c1ccc(C2CCCCC2)cc1. The molecule has 0 atom stereocenters. The molecule has 34 heavy (non-hydrogen) atoms. The molecule has 0 unspecified atom stereocenters. The number of aromatic nitrogens is 2. The van der Waals surface area contributed by atoms with Gasteiger partial charge in [-0.15, -0.1) is 0 Å². The Labute approximate surface area is 203 Å². The number of ether oxygens (including phenoxy) is 1. The van der Waals surface area contributed by atoms with Crippen molar-refractivity contribution < 1.29 is 18.7 Å². The molecular weight excluding hydrogens is 455 g/mol. The summed E-state index contributed by atoms with van der Waals surface area (Å²) >= 11 is 6.41. The van der Waals surface area contributed by atoms with Gasteiger partial charge in [-0.1, -0.05) is 55.1 Å². The average molecular weight is 481 g/mol. The van der Waals surface area contributed by atoms with Crippen LogP contribution in [0.4, 0.5) is 4.39 Å². The van der Waals surface area contributed by atoms with Gasteiger partial charge < -0.3 is 4.74 Å². The molecular formula is C27H26ClFN2O3. The number of halogens is 2. The summed E-state index contributed by atoms with van der Waals surface area (Å²) in [6.07, 6.45) is 8.92. The normalized spacial score (nSPS) is 14.4. The third-order valence-corrected chi connectivity index (χ3v) is 6.52. The van der Waals surface area contributed by atoms with Crippen molar-refractivity contribution in [3.63, 3.8) is 0 Å². The van der Waals surface area contributed by atoms with Crippen LogP contribution >= 0.6 is 11.6 Å². The van der Waals surface area contributed by atoms with Crippen LogP contribution in [0.5, 0.6) is 0 Å². The molecule has 0 spiro atoms. The minimum Gasteiger partial charge on any atom is -0.454 e. The quantitative estimate of drug-likeness (QED) is 0.221. The predicted molar refractivity (Wildman–Crippen MR) is 130 cm³/mol. The minimum atomic E-state index is -0.655. The first kappa shape index (κ1) is 23.9. The number of rotatable bonds is 7. The van der Waals surface area contributed by atoms with Crippen LogP contribution in [-0.4, -0.2) is 28.1 Å². The number of esters is 1. The van der Waals surface area contributed by atoms with E-state index >= 15 is 0 Å². The van der Waals surface area contributed by atoms with Crippen LogP contribution < -0.4 is 0 Å². The van der Waals surface area contributed by atoms with Crippen molar-refractivity contribution in [1.29, 1.82) is 0 Å². The maximum absolute atomic E-state index is 13.2. The van der Waals surface area contributed by atoms with Crippen LogP contribution in [0.1, 0.15) is 65.2 Å². The molecule has 0 N–H and O–H groups in total. The zero-order valence-corrected chi connectivity index (χ0v) is 19.7. The molecule has 0 radical (unpaired) electrons. The molecule has 1 aliphatic rings. The number of Topliss-reactive ketones (excluding diaryl/α,β-unsaturated/α-hetero) is 1. The lowest BCUT2D eigenvalue weighted by molar-refractivity contribution is -0.136. The van der Waals surface area contributed by atoms with Crippen molar-refractivity contribution in [2.24, 2.45) is 0 Å². The molecule has 0 bridgehead atoms. The minimum absolute atomic E-state index is 0.254. The lowest BCUT2D eigenvalue weighted by Crippen LogP contribution is -2.13. The molecule has 1 aliphatic carbocycles. The average Bonchev–Trinajstić information content (AvgIpc) is 3.15. The number of ketones is 1. The zero-order valence-electron chi connectivity index (χ0n) is 19.0. The van der Waals surface area contributed by atoms with E-state index in [4.69, 9.17) is 16.3 Å². The number of nitrogens with zero attached hydrogens (tertiary/aromatic N) is 2. The molecule has 0 amide bonds. The highest BCUT2D eigenvalue weighted by Gasteiger charge is 2.17. The van der Waals surface area contributed by atoms with Crippen LogP contribution in [0, 0.1) is 12.7 Å². The second-order valence-electron chi connectivity index (χ2n) is 8.50. The Kier molecular flexibility index (Phi) is 7.58. The molecule has 176 valence electrons. The number of hydrogen-bond acceptors (Lipinski definition) is 4. The van der Waals surface area contributed by atoms with Gasteiger partial charge in [0.2, 0.25) is 0 Å². The van der Waals surface area contributed by atoms with Crippen LogP contribution in [0.3, 0.4) is 0 Å². The lowest BCUT2D eigenvalue weighted by Gasteiger charge is -2.22. The van der Waals surface area contributed by atoms with Gasteiger partial charge in [0, 0.05) is 17.2 Å². The Balaban J connectivity index is 1.34. The van der Waals surface area contributed by atoms with Gasteiger partial charge in [0.25, 0.3) is 0 Å². The predicted octanol–water partition coefficient (Wildman–Crippen LogP) is 6.46. The summed E-state index contributed by atoms with van der Waals surface area (Å²) in [5, 5.41) is 4.63. The van der Waals surface area contributed by atoms with Gasteiger partial charge in [0.05, 0.1) is 11.4 Å². The molecule has 1 fully saturated rings. The van der Waals surface area contributed by atoms with Crippen molar-refractivity contribution in [3.05, 3.63) is 88.0 Å². The molecule has 0 saturated heterocycles. The molecule has 1 aromatic heterocycles. The van der Waals surface area contributed by atoms with Gasteiger partial charge in [0.15, 0.2) is 12.4 Å². The van der Waals surface area contributed by atoms with Gasteiger partial charge in [-0.25, -0.2) is 13.9 Å². The molecule has 1 saturated carbocycles. The lowest BCUT2D eigenvalue weighted by atomic mass is 9.84. The van der Waals surface area contributed by atoms with E-state index in [1.165, 1.54) is 66.6 Å². The van der Waals surface area contributed by atoms with E-state index in [1.54, 1.807) is 19.1 Å². The van der Waals surface area contributed by atoms with E-state index in [-0.39, 0.29) is 23.4 Å². The first-order valence-corrected chi connectivity index (χ1v) is 11.8. The fraction of sp³-hybridized carbons (Fsp3) is 0.296. The highest BCUT2D eigenvalue weighted by atomic mass is 35.5. The standard InChI is InChI=1S/C27H26ClFN2O3/c1-18-24(27(28)31(30-18)23-13-11-22(29)12-14-23)15-16-26(33)34-17-25(32)21-9-7-20(8-10-21)19-5-3-2-4-6-19/h7-16,19H,2-6,17H2,1H3/b16-15+. The Morgan fingerprint density at radius 3 is 2.44 bits per heavy atom. The largest absolute Gasteiger partial charge is 0.454 e. The molecule has 2 aromatic carbocycles. The number of hydrogen-bond donors (Lipinski definition) is 0. The maximum atomic E-state index is 13.2. The first-order chi connectivity index (χ1) is 16.4. The molecule has 7 heteroatoms. The fourth-order valence-corrected chi connectivity index (χ4v) is 4.59. The second kappa shape index (κ2) is 10.8. The molecule has 0 aliphatic heterocycles. The third-order valence-electron chi connectivity index (χ3n) is 6.16. The van der Waals surface area contributed by atoms with Crippen molar-refractivity contribution in [2.45, 2.75) is 44.9 Å². The number of carbonyl (C=O) groups excluding carboxylic acids is 2. The van der Waals surface area contributed by atoms with E-state index in [0.717, 1.165) is 0 Å². The van der Waals surface area contributed by atoms with Crippen LogP contribution in [-0.2, 0) is 9.53 Å². The summed E-state index contributed by atoms with van der Waals surface area (Å²) < 4.78 is 19.8. The van der Waals surface area contributed by atoms with Crippen molar-refractivity contribution in [3.8, 4) is 5.69 Å². The highest BCUT2D eigenvalue weighted by molar-refractivity contribution is 6.31. The van der Waals surface area contributed by atoms with E-state index < -0.39 is 5.97 Å². The summed E-state index contributed by atoms with van der Waals surface area (Å²) in [5.74, 6) is -0.697. The Morgan fingerprint density at radius 2 is 1.76 bits per heavy atom. The summed E-state index contributed by atoms with van der Waals surface area (Å²) in [7, 11) is 0.